The predicted octanol–water partition coefficient (Wildman–Crippen LogP) is 3.47. The van der Waals surface area contributed by atoms with Gasteiger partial charge in [0.15, 0.2) is 0 Å². The fourth-order valence-electron chi connectivity index (χ4n) is 1.11. The molecule has 0 aromatic rings. The first-order valence-electron chi connectivity index (χ1n) is 4.52. The SMILES string of the molecule is CC(C)(C)[Si](C)(C)C(C)(C)C=O. The summed E-state index contributed by atoms with van der Waals surface area (Å²) in [6.07, 6.45) is 1.13. The van der Waals surface area contributed by atoms with Gasteiger partial charge in [-0.05, 0) is 5.04 Å². The van der Waals surface area contributed by atoms with Gasteiger partial charge < -0.3 is 4.79 Å². The lowest BCUT2D eigenvalue weighted by molar-refractivity contribution is -0.109. The Kier molecular flexibility index (Phi) is 2.96. The van der Waals surface area contributed by atoms with Crippen LogP contribution in [0.25, 0.3) is 0 Å². The highest BCUT2D eigenvalue weighted by molar-refractivity contribution is 6.85. The fourth-order valence-corrected chi connectivity index (χ4v) is 3.34. The second-order valence-electron chi connectivity index (χ2n) is 5.71. The Bertz CT molecular complexity index is 175. The Hall–Kier alpha value is -0.113. The Morgan fingerprint density at radius 2 is 1.33 bits per heavy atom. The highest BCUT2D eigenvalue weighted by atomic mass is 28.3. The van der Waals surface area contributed by atoms with E-state index in [1.165, 1.54) is 0 Å². The zero-order valence-corrected chi connectivity index (χ0v) is 10.5. The van der Waals surface area contributed by atoms with Gasteiger partial charge in [-0.15, -0.1) is 0 Å². The maximum atomic E-state index is 11.0. The monoisotopic (exact) mass is 186 g/mol. The normalized spacial score (nSPS) is 14.6. The third-order valence-electron chi connectivity index (χ3n) is 3.78. The average Bonchev–Trinajstić information content (AvgIpc) is 1.85. The zero-order chi connectivity index (χ0) is 10.2. The molecule has 0 atom stereocenters. The van der Waals surface area contributed by atoms with Crippen LogP contribution in [0, 0.1) is 0 Å². The molecular formula is C10H22OSi. The summed E-state index contributed by atoms with van der Waals surface area (Å²) < 4.78 is 0. The maximum Gasteiger partial charge on any atom is 0.122 e. The molecule has 1 nitrogen and oxygen atoms in total. The van der Waals surface area contributed by atoms with Crippen LogP contribution < -0.4 is 0 Å². The van der Waals surface area contributed by atoms with Crippen LogP contribution in [-0.2, 0) is 4.79 Å². The molecular weight excluding hydrogens is 164 g/mol. The van der Waals surface area contributed by atoms with Gasteiger partial charge in [0.1, 0.15) is 6.29 Å². The molecule has 0 unspecified atom stereocenters. The first-order chi connectivity index (χ1) is 5.06. The largest absolute Gasteiger partial charge is 0.303 e. The molecule has 0 aromatic carbocycles. The number of rotatable bonds is 2. The molecule has 0 aliphatic rings. The third-order valence-corrected chi connectivity index (χ3v) is 10.9. The van der Waals surface area contributed by atoms with E-state index in [1.807, 2.05) is 0 Å². The summed E-state index contributed by atoms with van der Waals surface area (Å²) in [5.74, 6) is 0. The van der Waals surface area contributed by atoms with Gasteiger partial charge in [0, 0.05) is 5.04 Å². The van der Waals surface area contributed by atoms with E-state index in [9.17, 15) is 4.79 Å². The average molecular weight is 186 g/mol. The highest BCUT2D eigenvalue weighted by Gasteiger charge is 2.47. The Balaban J connectivity index is 4.97. The van der Waals surface area contributed by atoms with Crippen LogP contribution in [0.1, 0.15) is 34.6 Å². The molecule has 0 spiro atoms. The first-order valence-corrected chi connectivity index (χ1v) is 7.52. The topological polar surface area (TPSA) is 17.1 Å². The van der Waals surface area contributed by atoms with Gasteiger partial charge in [-0.1, -0.05) is 47.7 Å². The van der Waals surface area contributed by atoms with E-state index < -0.39 is 8.07 Å². The van der Waals surface area contributed by atoms with Crippen LogP contribution in [0.15, 0.2) is 0 Å². The van der Waals surface area contributed by atoms with E-state index in [0.717, 1.165) is 6.29 Å². The van der Waals surface area contributed by atoms with Gasteiger partial charge in [-0.25, -0.2) is 0 Å². The lowest BCUT2D eigenvalue weighted by Crippen LogP contribution is -2.47. The van der Waals surface area contributed by atoms with Gasteiger partial charge in [0.05, 0.1) is 8.07 Å². The summed E-state index contributed by atoms with van der Waals surface area (Å²) in [4.78, 5) is 11.0. The van der Waals surface area contributed by atoms with Gasteiger partial charge in [0.25, 0.3) is 0 Å². The van der Waals surface area contributed by atoms with E-state index in [2.05, 4.69) is 47.7 Å². The second kappa shape index (κ2) is 2.98. The number of hydrogen-bond donors (Lipinski definition) is 0. The number of carbonyl (C=O) groups is 1. The molecule has 2 heteroatoms. The van der Waals surface area contributed by atoms with Crippen LogP contribution in [0.2, 0.25) is 23.2 Å². The summed E-state index contributed by atoms with van der Waals surface area (Å²) in [5, 5.41) is 0.169. The van der Waals surface area contributed by atoms with Crippen molar-refractivity contribution in [3.63, 3.8) is 0 Å². The molecule has 0 saturated carbocycles. The van der Waals surface area contributed by atoms with Crippen LogP contribution in [0.4, 0.5) is 0 Å². The molecule has 0 radical (unpaired) electrons. The van der Waals surface area contributed by atoms with Gasteiger partial charge in [-0.2, -0.15) is 0 Å². The molecule has 12 heavy (non-hydrogen) atoms. The van der Waals surface area contributed by atoms with Gasteiger partial charge in [0.2, 0.25) is 0 Å². The molecule has 0 N–H and O–H groups in total. The fraction of sp³-hybridized carbons (Fsp3) is 0.900. The van der Waals surface area contributed by atoms with Crippen LogP contribution in [0.5, 0.6) is 0 Å². The molecule has 0 aliphatic carbocycles. The van der Waals surface area contributed by atoms with Gasteiger partial charge in [-0.3, -0.25) is 0 Å². The van der Waals surface area contributed by atoms with Crippen molar-refractivity contribution in [2.45, 2.75) is 57.8 Å². The predicted molar refractivity (Wildman–Crippen MR) is 57.3 cm³/mol. The second-order valence-corrected chi connectivity index (χ2v) is 11.8. The van der Waals surface area contributed by atoms with E-state index in [-0.39, 0.29) is 10.1 Å². The smallest absolute Gasteiger partial charge is 0.122 e. The Labute approximate surface area is 77.6 Å². The standard InChI is InChI=1S/C10H22OSi/c1-9(2,3)12(6,7)10(4,5)8-11/h8H,1-7H3. The summed E-state index contributed by atoms with van der Waals surface area (Å²) >= 11 is 0. The summed E-state index contributed by atoms with van der Waals surface area (Å²) in [6, 6.07) is 0. The lowest BCUT2D eigenvalue weighted by Gasteiger charge is -2.45. The minimum absolute atomic E-state index is 0.120. The quantitative estimate of drug-likeness (QED) is 0.477. The van der Waals surface area contributed by atoms with E-state index in [0.29, 0.717) is 0 Å². The Morgan fingerprint density at radius 3 is 1.42 bits per heavy atom. The molecule has 0 saturated heterocycles. The van der Waals surface area contributed by atoms with Gasteiger partial charge >= 0.3 is 0 Å². The molecule has 0 amide bonds. The van der Waals surface area contributed by atoms with Crippen molar-refractivity contribution in [3.8, 4) is 0 Å². The molecule has 72 valence electrons. The minimum atomic E-state index is -1.50. The Morgan fingerprint density at radius 1 is 1.00 bits per heavy atom. The molecule has 0 fully saturated rings. The maximum absolute atomic E-state index is 11.0. The van der Waals surface area contributed by atoms with E-state index >= 15 is 0 Å². The van der Waals surface area contributed by atoms with E-state index in [1.54, 1.807) is 0 Å². The zero-order valence-electron chi connectivity index (χ0n) is 9.49. The molecule has 0 aromatic heterocycles. The van der Waals surface area contributed by atoms with Crippen molar-refractivity contribution in [1.29, 1.82) is 0 Å². The molecule has 0 rings (SSSR count). The van der Waals surface area contributed by atoms with Crippen LogP contribution >= 0.6 is 0 Å². The van der Waals surface area contributed by atoms with Crippen molar-refractivity contribution < 1.29 is 4.79 Å². The minimum Gasteiger partial charge on any atom is -0.303 e. The summed E-state index contributed by atoms with van der Waals surface area (Å²) in [7, 11) is -1.50. The van der Waals surface area contributed by atoms with Crippen molar-refractivity contribution in [3.05, 3.63) is 0 Å². The molecule has 0 bridgehead atoms. The summed E-state index contributed by atoms with van der Waals surface area (Å²) in [6.45, 7) is 15.4. The van der Waals surface area contributed by atoms with Crippen molar-refractivity contribution in [2.75, 3.05) is 0 Å². The number of hydrogen-bond acceptors (Lipinski definition) is 1. The lowest BCUT2D eigenvalue weighted by atomic mass is 10.2. The molecule has 0 aliphatic heterocycles. The number of carbonyl (C=O) groups excluding carboxylic acids is 1. The highest BCUT2D eigenvalue weighted by Crippen LogP contribution is 2.49. The third kappa shape index (κ3) is 1.79. The number of aldehydes is 1. The van der Waals surface area contributed by atoms with Crippen molar-refractivity contribution in [2.24, 2.45) is 0 Å². The first kappa shape index (κ1) is 11.9. The van der Waals surface area contributed by atoms with Crippen molar-refractivity contribution in [1.82, 2.24) is 0 Å². The van der Waals surface area contributed by atoms with Crippen LogP contribution in [0.3, 0.4) is 0 Å². The molecule has 0 heterocycles. The van der Waals surface area contributed by atoms with Crippen LogP contribution in [-0.4, -0.2) is 14.4 Å². The summed E-state index contributed by atoms with van der Waals surface area (Å²) in [5.41, 5.74) is 0. The van der Waals surface area contributed by atoms with E-state index in [4.69, 9.17) is 0 Å². The van der Waals surface area contributed by atoms with Crippen molar-refractivity contribution >= 4 is 14.4 Å².